The number of carbonyl (C=O) groups excluding carboxylic acids is 1. The molecule has 0 fully saturated rings. The molecule has 0 saturated heterocycles. The van der Waals surface area contributed by atoms with Crippen LogP contribution < -0.4 is 5.43 Å². The SMILES string of the molecule is CC(C)OC(=O)c1cc(=O)cco1. The van der Waals surface area contributed by atoms with E-state index >= 15 is 0 Å². The molecule has 0 aliphatic carbocycles. The van der Waals surface area contributed by atoms with Crippen molar-refractivity contribution >= 4 is 5.97 Å². The monoisotopic (exact) mass is 182 g/mol. The fraction of sp³-hybridized carbons (Fsp3) is 0.333. The van der Waals surface area contributed by atoms with Crippen molar-refractivity contribution in [1.82, 2.24) is 0 Å². The number of hydrogen-bond donors (Lipinski definition) is 0. The van der Waals surface area contributed by atoms with E-state index in [9.17, 15) is 9.59 Å². The molecule has 70 valence electrons. The van der Waals surface area contributed by atoms with Crippen LogP contribution in [-0.4, -0.2) is 12.1 Å². The zero-order valence-electron chi connectivity index (χ0n) is 7.44. The van der Waals surface area contributed by atoms with Crippen molar-refractivity contribution in [2.45, 2.75) is 20.0 Å². The Labute approximate surface area is 75.1 Å². The summed E-state index contributed by atoms with van der Waals surface area (Å²) < 4.78 is 9.62. The maximum Gasteiger partial charge on any atom is 0.374 e. The third-order valence-corrected chi connectivity index (χ3v) is 1.24. The Morgan fingerprint density at radius 1 is 1.54 bits per heavy atom. The topological polar surface area (TPSA) is 56.5 Å². The first kappa shape index (κ1) is 9.51. The van der Waals surface area contributed by atoms with Crippen LogP contribution in [0.3, 0.4) is 0 Å². The van der Waals surface area contributed by atoms with Gasteiger partial charge in [-0.05, 0) is 13.8 Å². The average molecular weight is 182 g/mol. The van der Waals surface area contributed by atoms with Gasteiger partial charge in [-0.25, -0.2) is 4.79 Å². The molecular weight excluding hydrogens is 172 g/mol. The summed E-state index contributed by atoms with van der Waals surface area (Å²) in [5.74, 6) is -0.686. The summed E-state index contributed by atoms with van der Waals surface area (Å²) in [4.78, 5) is 22.0. The number of rotatable bonds is 2. The Morgan fingerprint density at radius 3 is 2.77 bits per heavy atom. The Bertz CT molecular complexity index is 351. The molecule has 0 saturated carbocycles. The lowest BCUT2D eigenvalue weighted by atomic mass is 10.4. The van der Waals surface area contributed by atoms with E-state index in [1.165, 1.54) is 12.3 Å². The number of ether oxygens (including phenoxy) is 1. The van der Waals surface area contributed by atoms with E-state index in [0.717, 1.165) is 6.07 Å². The molecule has 0 bridgehead atoms. The van der Waals surface area contributed by atoms with Crippen molar-refractivity contribution < 1.29 is 13.9 Å². The van der Waals surface area contributed by atoms with E-state index in [2.05, 4.69) is 0 Å². The van der Waals surface area contributed by atoms with Gasteiger partial charge in [0.25, 0.3) is 0 Å². The van der Waals surface area contributed by atoms with Crippen molar-refractivity contribution in [3.8, 4) is 0 Å². The molecule has 0 unspecified atom stereocenters. The van der Waals surface area contributed by atoms with Crippen LogP contribution in [-0.2, 0) is 4.74 Å². The van der Waals surface area contributed by atoms with E-state index in [1.54, 1.807) is 13.8 Å². The molecule has 1 aromatic heterocycles. The Morgan fingerprint density at radius 2 is 2.23 bits per heavy atom. The first-order valence-corrected chi connectivity index (χ1v) is 3.89. The van der Waals surface area contributed by atoms with Gasteiger partial charge in [0.2, 0.25) is 5.76 Å². The lowest BCUT2D eigenvalue weighted by Gasteiger charge is -2.05. The van der Waals surface area contributed by atoms with Crippen LogP contribution in [0.1, 0.15) is 24.4 Å². The van der Waals surface area contributed by atoms with Crippen LogP contribution in [0.4, 0.5) is 0 Å². The average Bonchev–Trinajstić information content (AvgIpc) is 2.03. The van der Waals surface area contributed by atoms with Crippen molar-refractivity contribution in [3.63, 3.8) is 0 Å². The predicted molar refractivity (Wildman–Crippen MR) is 45.5 cm³/mol. The second-order valence-electron chi connectivity index (χ2n) is 2.79. The number of esters is 1. The van der Waals surface area contributed by atoms with Crippen LogP contribution in [0.25, 0.3) is 0 Å². The Balaban J connectivity index is 2.83. The van der Waals surface area contributed by atoms with Gasteiger partial charge < -0.3 is 9.15 Å². The van der Waals surface area contributed by atoms with E-state index in [1.807, 2.05) is 0 Å². The molecule has 0 amide bonds. The second kappa shape index (κ2) is 3.89. The Kier molecular flexibility index (Phi) is 2.84. The lowest BCUT2D eigenvalue weighted by Crippen LogP contribution is -2.13. The molecule has 13 heavy (non-hydrogen) atoms. The molecule has 4 nitrogen and oxygen atoms in total. The molecule has 0 aromatic carbocycles. The van der Waals surface area contributed by atoms with Gasteiger partial charge >= 0.3 is 5.97 Å². The van der Waals surface area contributed by atoms with Gasteiger partial charge in [0, 0.05) is 12.1 Å². The number of hydrogen-bond acceptors (Lipinski definition) is 4. The summed E-state index contributed by atoms with van der Waals surface area (Å²) in [5.41, 5.74) is -0.276. The molecule has 1 heterocycles. The van der Waals surface area contributed by atoms with Gasteiger partial charge in [-0.1, -0.05) is 0 Å². The smallest absolute Gasteiger partial charge is 0.374 e. The summed E-state index contributed by atoms with van der Waals surface area (Å²) in [6.07, 6.45) is 0.942. The summed E-state index contributed by atoms with van der Waals surface area (Å²) in [6.45, 7) is 3.44. The Hall–Kier alpha value is -1.58. The third kappa shape index (κ3) is 2.74. The maximum absolute atomic E-state index is 11.2. The molecule has 4 heteroatoms. The van der Waals surface area contributed by atoms with Gasteiger partial charge in [0.05, 0.1) is 12.4 Å². The first-order valence-electron chi connectivity index (χ1n) is 3.89. The van der Waals surface area contributed by atoms with Crippen LogP contribution in [0.15, 0.2) is 27.6 Å². The lowest BCUT2D eigenvalue weighted by molar-refractivity contribution is 0.0338. The molecule has 0 aliphatic rings. The van der Waals surface area contributed by atoms with E-state index < -0.39 is 5.97 Å². The molecule has 0 radical (unpaired) electrons. The molecule has 0 spiro atoms. The van der Waals surface area contributed by atoms with E-state index in [0.29, 0.717) is 0 Å². The number of carbonyl (C=O) groups is 1. The van der Waals surface area contributed by atoms with Gasteiger partial charge in [-0.3, -0.25) is 4.79 Å². The molecule has 0 aliphatic heterocycles. The van der Waals surface area contributed by atoms with E-state index in [-0.39, 0.29) is 17.3 Å². The van der Waals surface area contributed by atoms with Crippen LogP contribution in [0.5, 0.6) is 0 Å². The summed E-state index contributed by atoms with van der Waals surface area (Å²) in [6, 6.07) is 2.33. The predicted octanol–water partition coefficient (Wildman–Crippen LogP) is 1.20. The third-order valence-electron chi connectivity index (χ3n) is 1.24. The van der Waals surface area contributed by atoms with Gasteiger partial charge in [-0.15, -0.1) is 0 Å². The van der Waals surface area contributed by atoms with E-state index in [4.69, 9.17) is 9.15 Å². The molecule has 1 rings (SSSR count). The van der Waals surface area contributed by atoms with Crippen molar-refractivity contribution in [2.75, 3.05) is 0 Å². The highest BCUT2D eigenvalue weighted by Crippen LogP contribution is 2.00. The fourth-order valence-electron chi connectivity index (χ4n) is 0.765. The summed E-state index contributed by atoms with van der Waals surface area (Å²) in [7, 11) is 0. The van der Waals surface area contributed by atoms with Gasteiger partial charge in [0.15, 0.2) is 5.43 Å². The normalized spacial score (nSPS) is 10.1. The minimum Gasteiger partial charge on any atom is -0.457 e. The minimum absolute atomic E-state index is 0.0683. The van der Waals surface area contributed by atoms with Crippen LogP contribution in [0.2, 0.25) is 0 Å². The maximum atomic E-state index is 11.2. The highest BCUT2D eigenvalue weighted by atomic mass is 16.6. The highest BCUT2D eigenvalue weighted by Gasteiger charge is 2.11. The van der Waals surface area contributed by atoms with Gasteiger partial charge in [0.1, 0.15) is 0 Å². The molecule has 1 aromatic rings. The highest BCUT2D eigenvalue weighted by molar-refractivity contribution is 5.86. The van der Waals surface area contributed by atoms with Crippen molar-refractivity contribution in [2.24, 2.45) is 0 Å². The first-order chi connectivity index (χ1) is 6.09. The zero-order chi connectivity index (χ0) is 9.84. The summed E-state index contributed by atoms with van der Waals surface area (Å²) >= 11 is 0. The minimum atomic E-state index is -0.618. The largest absolute Gasteiger partial charge is 0.457 e. The standard InChI is InChI=1S/C9H10O4/c1-6(2)13-9(11)8-5-7(10)3-4-12-8/h3-6H,1-2H3. The van der Waals surface area contributed by atoms with Crippen molar-refractivity contribution in [1.29, 1.82) is 0 Å². The second-order valence-corrected chi connectivity index (χ2v) is 2.79. The molecule has 0 N–H and O–H groups in total. The molecular formula is C9H10O4. The summed E-state index contributed by atoms with van der Waals surface area (Å²) in [5, 5.41) is 0. The van der Waals surface area contributed by atoms with Gasteiger partial charge in [-0.2, -0.15) is 0 Å². The van der Waals surface area contributed by atoms with Crippen LogP contribution >= 0.6 is 0 Å². The van der Waals surface area contributed by atoms with Crippen LogP contribution in [0, 0.1) is 0 Å². The quantitative estimate of drug-likeness (QED) is 0.645. The zero-order valence-corrected chi connectivity index (χ0v) is 7.44. The van der Waals surface area contributed by atoms with Crippen molar-refractivity contribution in [3.05, 3.63) is 34.4 Å². The molecule has 0 atom stereocenters. The fourth-order valence-corrected chi connectivity index (χ4v) is 0.765.